The molecule has 2 heterocycles. The van der Waals surface area contributed by atoms with Crippen LogP contribution in [0, 0.1) is 0 Å². The Bertz CT molecular complexity index is 1820. The molecule has 0 bridgehead atoms. The van der Waals surface area contributed by atoms with E-state index in [9.17, 15) is 38.4 Å². The first kappa shape index (κ1) is 41.9. The minimum Gasteiger partial charge on any atom is -0.451 e. The fraction of sp³-hybridized carbons (Fsp3) is 0.485. The molecule has 20 heteroatoms. The smallest absolute Gasteiger partial charge is 0.347 e. The maximum absolute atomic E-state index is 13.9. The van der Waals surface area contributed by atoms with Gasteiger partial charge in [0.25, 0.3) is 5.91 Å². The predicted molar refractivity (Wildman–Crippen MR) is 183 cm³/mol. The highest BCUT2D eigenvalue weighted by molar-refractivity contribution is 9.10. The van der Waals surface area contributed by atoms with Gasteiger partial charge in [0.15, 0.2) is 36.6 Å². The molecule has 1 aliphatic rings. The SMILES string of the molecule is CC(=O)O[C@@H](C)C(=O)O[C@@H](C)C(=O)O[C@@H](C)C(=O)O[C@@H](C)C(=O)O[C@@H](C)C(=O)O[C@@H](C)C(=O)N(C1=NCCN1C(C)=O)c1ccc2nccnc2c1Br. The van der Waals surface area contributed by atoms with Crippen LogP contribution in [0.1, 0.15) is 55.4 Å². The summed E-state index contributed by atoms with van der Waals surface area (Å²) in [6.45, 7) is 9.90. The lowest BCUT2D eigenvalue weighted by molar-refractivity contribution is -0.187. The molecule has 1 aromatic heterocycles. The Morgan fingerprint density at radius 1 is 0.660 bits per heavy atom. The van der Waals surface area contributed by atoms with Crippen LogP contribution in [0.3, 0.4) is 0 Å². The van der Waals surface area contributed by atoms with Gasteiger partial charge in [0.1, 0.15) is 5.52 Å². The average molecular weight is 809 g/mol. The molecule has 6 atom stereocenters. The van der Waals surface area contributed by atoms with Crippen molar-refractivity contribution >= 4 is 86.2 Å². The molecule has 2 amide bonds. The predicted octanol–water partition coefficient (Wildman–Crippen LogP) is 1.55. The number of halogens is 1. The second-order valence-corrected chi connectivity index (χ2v) is 12.3. The summed E-state index contributed by atoms with van der Waals surface area (Å²) < 4.78 is 30.3. The number of amides is 2. The van der Waals surface area contributed by atoms with Gasteiger partial charge in [0, 0.05) is 32.8 Å². The fourth-order valence-corrected chi connectivity index (χ4v) is 5.10. The zero-order valence-corrected chi connectivity index (χ0v) is 31.6. The summed E-state index contributed by atoms with van der Waals surface area (Å²) >= 11 is 3.47. The van der Waals surface area contributed by atoms with Gasteiger partial charge in [-0.25, -0.2) is 28.9 Å². The Balaban J connectivity index is 1.62. The van der Waals surface area contributed by atoms with E-state index in [1.54, 1.807) is 12.1 Å². The third kappa shape index (κ3) is 10.7. The van der Waals surface area contributed by atoms with Crippen molar-refractivity contribution in [2.75, 3.05) is 18.0 Å². The van der Waals surface area contributed by atoms with E-state index in [1.165, 1.54) is 38.1 Å². The second kappa shape index (κ2) is 18.3. The Hall–Kier alpha value is -5.53. The van der Waals surface area contributed by atoms with Gasteiger partial charge in [-0.2, -0.15) is 0 Å². The van der Waals surface area contributed by atoms with Crippen LogP contribution < -0.4 is 4.90 Å². The molecule has 0 aliphatic carbocycles. The first-order valence-corrected chi connectivity index (χ1v) is 16.9. The van der Waals surface area contributed by atoms with Crippen molar-refractivity contribution in [3.8, 4) is 0 Å². The first-order chi connectivity index (χ1) is 24.8. The van der Waals surface area contributed by atoms with Crippen LogP contribution in [0.15, 0.2) is 34.0 Å². The molecule has 286 valence electrons. The number of nitrogens with zero attached hydrogens (tertiary/aromatic N) is 5. The number of guanidine groups is 1. The molecule has 0 saturated heterocycles. The van der Waals surface area contributed by atoms with Gasteiger partial charge in [-0.3, -0.25) is 34.2 Å². The van der Waals surface area contributed by atoms with Crippen LogP contribution in [0.4, 0.5) is 5.69 Å². The van der Waals surface area contributed by atoms with Crippen LogP contribution in [0.25, 0.3) is 11.0 Å². The lowest BCUT2D eigenvalue weighted by atomic mass is 10.2. The molecule has 0 N–H and O–H groups in total. The molecule has 2 aromatic rings. The van der Waals surface area contributed by atoms with E-state index in [1.807, 2.05) is 0 Å². The van der Waals surface area contributed by atoms with E-state index in [-0.39, 0.29) is 30.6 Å². The number of aliphatic imine (C=N–C) groups is 1. The number of fused-ring (bicyclic) bond motifs is 1. The number of carbonyl (C=O) groups excluding carboxylic acids is 8. The van der Waals surface area contributed by atoms with Crippen molar-refractivity contribution in [2.45, 2.75) is 92.0 Å². The second-order valence-electron chi connectivity index (χ2n) is 11.5. The first-order valence-electron chi connectivity index (χ1n) is 16.1. The summed E-state index contributed by atoms with van der Waals surface area (Å²) in [6, 6.07) is 3.17. The van der Waals surface area contributed by atoms with E-state index in [2.05, 4.69) is 35.6 Å². The highest BCUT2D eigenvalue weighted by atomic mass is 79.9. The number of anilines is 1. The van der Waals surface area contributed by atoms with E-state index in [0.717, 1.165) is 39.5 Å². The number of hydrogen-bond acceptors (Lipinski definition) is 17. The van der Waals surface area contributed by atoms with Gasteiger partial charge in [-0.15, -0.1) is 0 Å². The molecule has 0 saturated carbocycles. The number of carbonyl (C=O) groups is 8. The summed E-state index contributed by atoms with van der Waals surface area (Å²) in [6.07, 6.45) is -6.09. The van der Waals surface area contributed by atoms with Gasteiger partial charge >= 0.3 is 35.8 Å². The molecule has 3 rings (SSSR count). The number of hydrogen-bond donors (Lipinski definition) is 0. The zero-order chi connectivity index (χ0) is 39.7. The molecular weight excluding hydrogens is 770 g/mol. The normalized spacial score (nSPS) is 15.7. The summed E-state index contributed by atoms with van der Waals surface area (Å²) in [4.78, 5) is 115. The van der Waals surface area contributed by atoms with Crippen LogP contribution in [-0.4, -0.2) is 118 Å². The molecule has 53 heavy (non-hydrogen) atoms. The molecule has 0 radical (unpaired) electrons. The summed E-state index contributed by atoms with van der Waals surface area (Å²) in [5.74, 6) is -7.59. The third-order valence-corrected chi connectivity index (χ3v) is 8.01. The van der Waals surface area contributed by atoms with Gasteiger partial charge in [0.05, 0.1) is 22.2 Å². The van der Waals surface area contributed by atoms with Gasteiger partial charge in [0.2, 0.25) is 11.9 Å². The number of esters is 6. The Kier molecular flexibility index (Phi) is 14.5. The topological polar surface area (TPSA) is 237 Å². The molecule has 1 aromatic carbocycles. The molecule has 0 unspecified atom stereocenters. The maximum Gasteiger partial charge on any atom is 0.347 e. The van der Waals surface area contributed by atoms with Gasteiger partial charge < -0.3 is 28.4 Å². The summed E-state index contributed by atoms with van der Waals surface area (Å²) in [5, 5.41) is 0. The minimum absolute atomic E-state index is 0.00583. The highest BCUT2D eigenvalue weighted by Crippen LogP contribution is 2.34. The summed E-state index contributed by atoms with van der Waals surface area (Å²) in [7, 11) is 0. The summed E-state index contributed by atoms with van der Waals surface area (Å²) in [5.41, 5.74) is 1.15. The standard InChI is InChI=1S/C33H38BrN5O14/c1-15(27(42)39(33-37-13-14-38(33)21(7)40)24-10-9-23-26(25(24)34)36-12-11-35-23)49-29(44)17(3)51-31(46)19(5)53-32(47)20(6)52-30(45)18(4)50-28(43)16(2)48-22(8)41/h9-12,15-20H,13-14H2,1-8H3/t15-,16-,17-,18-,19-,20-/m0/s1. The Morgan fingerprint density at radius 2 is 1.09 bits per heavy atom. The van der Waals surface area contributed by atoms with Crippen molar-refractivity contribution in [1.29, 1.82) is 0 Å². The Labute approximate surface area is 311 Å². The number of ether oxygens (including phenoxy) is 6. The quantitative estimate of drug-likeness (QED) is 0.206. The molecule has 0 fully saturated rings. The van der Waals surface area contributed by atoms with Gasteiger partial charge in [-0.05, 0) is 69.6 Å². The molecule has 1 aliphatic heterocycles. The van der Waals surface area contributed by atoms with E-state index < -0.39 is 78.3 Å². The number of aromatic nitrogens is 2. The third-order valence-electron chi connectivity index (χ3n) is 7.23. The Morgan fingerprint density at radius 3 is 1.55 bits per heavy atom. The van der Waals surface area contributed by atoms with Crippen molar-refractivity contribution < 1.29 is 66.8 Å². The van der Waals surface area contributed by atoms with E-state index in [4.69, 9.17) is 23.7 Å². The van der Waals surface area contributed by atoms with Gasteiger partial charge in [-0.1, -0.05) is 0 Å². The van der Waals surface area contributed by atoms with Crippen molar-refractivity contribution in [2.24, 2.45) is 4.99 Å². The lowest BCUT2D eigenvalue weighted by Gasteiger charge is -2.30. The zero-order valence-electron chi connectivity index (χ0n) is 30.0. The maximum atomic E-state index is 13.9. The van der Waals surface area contributed by atoms with Crippen molar-refractivity contribution in [3.63, 3.8) is 0 Å². The molecule has 19 nitrogen and oxygen atoms in total. The monoisotopic (exact) mass is 807 g/mol. The van der Waals surface area contributed by atoms with Crippen LogP contribution in [0.5, 0.6) is 0 Å². The van der Waals surface area contributed by atoms with Crippen LogP contribution >= 0.6 is 15.9 Å². The molecule has 0 spiro atoms. The average Bonchev–Trinajstić information content (AvgIpc) is 3.58. The number of rotatable bonds is 13. The van der Waals surface area contributed by atoms with Crippen LogP contribution in [-0.2, 0) is 66.8 Å². The minimum atomic E-state index is -1.60. The lowest BCUT2D eigenvalue weighted by Crippen LogP contribution is -2.51. The van der Waals surface area contributed by atoms with E-state index >= 15 is 0 Å². The van der Waals surface area contributed by atoms with Crippen molar-refractivity contribution in [1.82, 2.24) is 14.9 Å². The van der Waals surface area contributed by atoms with Crippen molar-refractivity contribution in [3.05, 3.63) is 29.0 Å². The number of benzene rings is 1. The fourth-order valence-electron chi connectivity index (χ4n) is 4.49. The highest BCUT2D eigenvalue weighted by Gasteiger charge is 2.38. The molecular formula is C33H38BrN5O14. The van der Waals surface area contributed by atoms with E-state index in [0.29, 0.717) is 15.5 Å². The van der Waals surface area contributed by atoms with Crippen LogP contribution in [0.2, 0.25) is 0 Å². The largest absolute Gasteiger partial charge is 0.451 e.